The molecular weight excluding hydrogens is 521 g/mol. The number of amides is 1. The number of piperidine rings is 1. The van der Waals surface area contributed by atoms with Crippen LogP contribution in [0.2, 0.25) is 0 Å². The molecule has 1 aliphatic carbocycles. The lowest BCUT2D eigenvalue weighted by Crippen LogP contribution is -2.49. The Morgan fingerprint density at radius 1 is 0.976 bits per heavy atom. The van der Waals surface area contributed by atoms with Gasteiger partial charge in [-0.15, -0.1) is 5.10 Å². The molecule has 2 atom stereocenters. The van der Waals surface area contributed by atoms with Gasteiger partial charge in [0.2, 0.25) is 5.88 Å². The first-order valence-electron chi connectivity index (χ1n) is 15.0. The fourth-order valence-electron chi connectivity index (χ4n) is 5.47. The summed E-state index contributed by atoms with van der Waals surface area (Å²) in [6.07, 6.45) is 6.84. The molecule has 1 saturated heterocycles. The summed E-state index contributed by atoms with van der Waals surface area (Å²) in [6.45, 7) is 2.56. The Kier molecular flexibility index (Phi) is 10.0. The van der Waals surface area contributed by atoms with Gasteiger partial charge in [0.25, 0.3) is 0 Å². The SMILES string of the molecule is CCCCc1nnc(O[C@@H]2CCN(C(=O)OCc3ccccc3)C[C@H]2F)cc1-c1ccc(OC2CCCCC2)cc1. The highest BCUT2D eigenvalue weighted by Crippen LogP contribution is 2.31. The van der Waals surface area contributed by atoms with Gasteiger partial charge in [0.05, 0.1) is 18.3 Å². The Morgan fingerprint density at radius 2 is 1.76 bits per heavy atom. The molecule has 2 aliphatic rings. The summed E-state index contributed by atoms with van der Waals surface area (Å²) in [7, 11) is 0. The van der Waals surface area contributed by atoms with Crippen molar-refractivity contribution in [2.75, 3.05) is 13.1 Å². The van der Waals surface area contributed by atoms with Crippen LogP contribution in [-0.4, -0.2) is 52.7 Å². The summed E-state index contributed by atoms with van der Waals surface area (Å²) in [6, 6.07) is 19.4. The first-order valence-corrected chi connectivity index (χ1v) is 15.0. The van der Waals surface area contributed by atoms with E-state index in [9.17, 15) is 4.79 Å². The van der Waals surface area contributed by atoms with Crippen molar-refractivity contribution in [2.24, 2.45) is 0 Å². The third-order valence-corrected chi connectivity index (χ3v) is 7.85. The van der Waals surface area contributed by atoms with Gasteiger partial charge in [-0.05, 0) is 61.8 Å². The molecule has 0 radical (unpaired) electrons. The Bertz CT molecular complexity index is 1250. The Balaban J connectivity index is 1.22. The molecule has 3 aromatic rings. The van der Waals surface area contributed by atoms with Crippen LogP contribution in [0.15, 0.2) is 60.7 Å². The minimum absolute atomic E-state index is 0.0877. The number of carbonyl (C=O) groups is 1. The number of unbranched alkanes of at least 4 members (excludes halogenated alkanes) is 1. The second-order valence-corrected chi connectivity index (χ2v) is 11.0. The molecule has 0 unspecified atom stereocenters. The fourth-order valence-corrected chi connectivity index (χ4v) is 5.47. The topological polar surface area (TPSA) is 73.8 Å². The normalized spacial score (nSPS) is 19.5. The molecule has 1 aromatic heterocycles. The number of alkyl halides is 1. The van der Waals surface area contributed by atoms with Crippen LogP contribution in [0.1, 0.15) is 69.5 Å². The first-order chi connectivity index (χ1) is 20.1. The molecule has 1 saturated carbocycles. The van der Waals surface area contributed by atoms with E-state index in [2.05, 4.69) is 17.1 Å². The highest BCUT2D eigenvalue weighted by molar-refractivity contribution is 5.68. The molecule has 1 aliphatic heterocycles. The van der Waals surface area contributed by atoms with Gasteiger partial charge in [-0.2, -0.15) is 5.10 Å². The van der Waals surface area contributed by atoms with Gasteiger partial charge in [-0.3, -0.25) is 0 Å². The molecule has 0 bridgehead atoms. The summed E-state index contributed by atoms with van der Waals surface area (Å²) >= 11 is 0. The molecule has 2 fully saturated rings. The maximum Gasteiger partial charge on any atom is 0.410 e. The Hall–Kier alpha value is -3.68. The van der Waals surface area contributed by atoms with Crippen molar-refractivity contribution in [3.05, 3.63) is 71.9 Å². The van der Waals surface area contributed by atoms with E-state index < -0.39 is 18.4 Å². The van der Waals surface area contributed by atoms with Crippen molar-refractivity contribution in [1.29, 1.82) is 0 Å². The lowest BCUT2D eigenvalue weighted by atomic mass is 9.97. The summed E-state index contributed by atoms with van der Waals surface area (Å²) in [5.41, 5.74) is 3.72. The van der Waals surface area contributed by atoms with Crippen molar-refractivity contribution >= 4 is 6.09 Å². The molecule has 0 spiro atoms. The molecule has 8 heteroatoms. The van der Waals surface area contributed by atoms with Crippen LogP contribution >= 0.6 is 0 Å². The van der Waals surface area contributed by atoms with Crippen molar-refractivity contribution in [3.8, 4) is 22.8 Å². The molecule has 0 N–H and O–H groups in total. The lowest BCUT2D eigenvalue weighted by Gasteiger charge is -2.33. The highest BCUT2D eigenvalue weighted by atomic mass is 19.1. The lowest BCUT2D eigenvalue weighted by molar-refractivity contribution is 0.0125. The van der Waals surface area contributed by atoms with Crippen molar-refractivity contribution in [2.45, 2.75) is 89.7 Å². The van der Waals surface area contributed by atoms with Gasteiger partial charge in [0, 0.05) is 24.6 Å². The van der Waals surface area contributed by atoms with E-state index in [-0.39, 0.29) is 19.0 Å². The zero-order valence-electron chi connectivity index (χ0n) is 23.8. The summed E-state index contributed by atoms with van der Waals surface area (Å²) < 4.78 is 32.8. The summed E-state index contributed by atoms with van der Waals surface area (Å²) in [5, 5.41) is 8.77. The van der Waals surface area contributed by atoms with Crippen LogP contribution in [0.25, 0.3) is 11.1 Å². The molecule has 2 aromatic carbocycles. The summed E-state index contributed by atoms with van der Waals surface area (Å²) in [4.78, 5) is 13.9. The first kappa shape index (κ1) is 28.8. The molecular formula is C33H40FN3O4. The molecule has 218 valence electrons. The number of benzene rings is 2. The van der Waals surface area contributed by atoms with Crippen LogP contribution < -0.4 is 9.47 Å². The van der Waals surface area contributed by atoms with Crippen LogP contribution in [0.5, 0.6) is 11.6 Å². The monoisotopic (exact) mass is 561 g/mol. The van der Waals surface area contributed by atoms with E-state index in [1.165, 1.54) is 24.2 Å². The highest BCUT2D eigenvalue weighted by Gasteiger charge is 2.34. The second kappa shape index (κ2) is 14.3. The smallest absolute Gasteiger partial charge is 0.410 e. The minimum Gasteiger partial charge on any atom is -0.490 e. The second-order valence-electron chi connectivity index (χ2n) is 11.0. The Labute approximate surface area is 242 Å². The zero-order valence-corrected chi connectivity index (χ0v) is 23.8. The van der Waals surface area contributed by atoms with Gasteiger partial charge in [0.15, 0.2) is 6.17 Å². The van der Waals surface area contributed by atoms with Gasteiger partial charge < -0.3 is 19.1 Å². The Morgan fingerprint density at radius 3 is 2.49 bits per heavy atom. The van der Waals surface area contributed by atoms with Crippen molar-refractivity contribution < 1.29 is 23.4 Å². The minimum atomic E-state index is -1.37. The number of likely N-dealkylation sites (tertiary alicyclic amines) is 1. The predicted octanol–water partition coefficient (Wildman–Crippen LogP) is 7.33. The van der Waals surface area contributed by atoms with E-state index in [4.69, 9.17) is 14.2 Å². The van der Waals surface area contributed by atoms with Crippen LogP contribution in [0.3, 0.4) is 0 Å². The number of aryl methyl sites for hydroxylation is 1. The number of aromatic nitrogens is 2. The number of nitrogens with zero attached hydrogens (tertiary/aromatic N) is 3. The predicted molar refractivity (Wildman–Crippen MR) is 156 cm³/mol. The van der Waals surface area contributed by atoms with Gasteiger partial charge in [0.1, 0.15) is 18.5 Å². The number of ether oxygens (including phenoxy) is 3. The van der Waals surface area contributed by atoms with Gasteiger partial charge in [-0.1, -0.05) is 62.2 Å². The van der Waals surface area contributed by atoms with E-state index in [1.54, 1.807) is 0 Å². The van der Waals surface area contributed by atoms with Crippen molar-refractivity contribution in [1.82, 2.24) is 15.1 Å². The maximum absolute atomic E-state index is 15.2. The number of rotatable bonds is 10. The van der Waals surface area contributed by atoms with Crippen molar-refractivity contribution in [3.63, 3.8) is 0 Å². The molecule has 1 amide bonds. The van der Waals surface area contributed by atoms with E-state index in [0.29, 0.717) is 19.1 Å². The van der Waals surface area contributed by atoms with Gasteiger partial charge >= 0.3 is 6.09 Å². The molecule has 2 heterocycles. The molecule has 41 heavy (non-hydrogen) atoms. The quantitative estimate of drug-likeness (QED) is 0.258. The number of carbonyl (C=O) groups excluding carboxylic acids is 1. The van der Waals surface area contributed by atoms with Gasteiger partial charge in [-0.25, -0.2) is 9.18 Å². The summed E-state index contributed by atoms with van der Waals surface area (Å²) in [5.74, 6) is 1.17. The third kappa shape index (κ3) is 7.96. The average molecular weight is 562 g/mol. The largest absolute Gasteiger partial charge is 0.490 e. The zero-order chi connectivity index (χ0) is 28.4. The van der Waals surface area contributed by atoms with E-state index in [1.807, 2.05) is 60.7 Å². The van der Waals surface area contributed by atoms with Crippen LogP contribution in [-0.2, 0) is 17.8 Å². The van der Waals surface area contributed by atoms with E-state index >= 15 is 4.39 Å². The maximum atomic E-state index is 15.2. The third-order valence-electron chi connectivity index (χ3n) is 7.85. The average Bonchev–Trinajstić information content (AvgIpc) is 3.01. The number of halogens is 1. The number of hydrogen-bond donors (Lipinski definition) is 0. The van der Waals surface area contributed by atoms with Crippen LogP contribution in [0, 0.1) is 0 Å². The standard InChI is InChI=1S/C33H40FN3O4/c1-2-3-14-30-28(25-15-17-27(18-16-25)40-26-12-8-5-9-13-26)21-32(36-35-30)41-31-19-20-37(22-29(31)34)33(38)39-23-24-10-6-4-7-11-24/h4,6-7,10-11,15-18,21,26,29,31H,2-3,5,8-9,12-14,19-20,22-23H2,1H3/t29-,31-/m1/s1. The molecule has 5 rings (SSSR count). The number of hydrogen-bond acceptors (Lipinski definition) is 6. The molecule has 7 nitrogen and oxygen atoms in total. The fraction of sp³-hybridized carbons (Fsp3) is 0.485. The van der Waals surface area contributed by atoms with E-state index in [0.717, 1.165) is 60.2 Å². The van der Waals surface area contributed by atoms with Crippen LogP contribution in [0.4, 0.5) is 9.18 Å².